The quantitative estimate of drug-likeness (QED) is 0.384. The van der Waals surface area contributed by atoms with E-state index in [9.17, 15) is 18.4 Å². The molecule has 1 unspecified atom stereocenters. The summed E-state index contributed by atoms with van der Waals surface area (Å²) in [5.74, 6) is -0.686. The highest BCUT2D eigenvalue weighted by Crippen LogP contribution is 2.38. The van der Waals surface area contributed by atoms with Crippen molar-refractivity contribution >= 4 is 11.8 Å². The number of rotatable bonds is 7. The van der Waals surface area contributed by atoms with E-state index < -0.39 is 6.04 Å². The van der Waals surface area contributed by atoms with Gasteiger partial charge in [0.25, 0.3) is 11.8 Å². The van der Waals surface area contributed by atoms with Gasteiger partial charge in [0.05, 0.1) is 12.3 Å². The van der Waals surface area contributed by atoms with E-state index in [0.29, 0.717) is 24.3 Å². The standard InChI is InChI=1S/C29H24F2N2O4/c30-22-9-6-21(7-10-22)28-25-16-24(37-18-27(34)32-17-19-3-1-4-23(31)15-19)11-8-20(25)12-13-33(28)29(35)26-5-2-14-36-26/h1-11,14-16,28H,12-13,17-18H2,(H,32,34). The molecule has 1 aromatic heterocycles. The zero-order valence-electron chi connectivity index (χ0n) is 19.8. The molecule has 2 amide bonds. The summed E-state index contributed by atoms with van der Waals surface area (Å²) in [6.07, 6.45) is 2.07. The molecule has 1 N–H and O–H groups in total. The molecule has 6 nitrogen and oxygen atoms in total. The Bertz CT molecular complexity index is 1400. The Labute approximate surface area is 212 Å². The zero-order chi connectivity index (χ0) is 25.8. The molecule has 4 aromatic rings. The Morgan fingerprint density at radius 3 is 2.57 bits per heavy atom. The maximum atomic E-state index is 13.7. The molecule has 1 aliphatic heterocycles. The fourth-order valence-corrected chi connectivity index (χ4v) is 4.50. The van der Waals surface area contributed by atoms with Crippen LogP contribution in [-0.4, -0.2) is 29.9 Å². The Morgan fingerprint density at radius 1 is 0.973 bits per heavy atom. The number of benzene rings is 3. The molecule has 0 spiro atoms. The lowest BCUT2D eigenvalue weighted by atomic mass is 9.87. The van der Waals surface area contributed by atoms with Crippen LogP contribution in [0, 0.1) is 11.6 Å². The number of amides is 2. The van der Waals surface area contributed by atoms with Crippen molar-refractivity contribution in [2.24, 2.45) is 0 Å². The second-order valence-electron chi connectivity index (χ2n) is 8.74. The molecule has 8 heteroatoms. The van der Waals surface area contributed by atoms with Crippen LogP contribution in [0.3, 0.4) is 0 Å². The highest BCUT2D eigenvalue weighted by molar-refractivity contribution is 5.92. The smallest absolute Gasteiger partial charge is 0.290 e. The number of halogens is 2. The van der Waals surface area contributed by atoms with Gasteiger partial charge < -0.3 is 19.4 Å². The van der Waals surface area contributed by atoms with E-state index in [1.54, 1.807) is 47.4 Å². The highest BCUT2D eigenvalue weighted by Gasteiger charge is 2.34. The average Bonchev–Trinajstić information content (AvgIpc) is 3.45. The van der Waals surface area contributed by atoms with Crippen molar-refractivity contribution in [3.8, 4) is 5.75 Å². The third-order valence-corrected chi connectivity index (χ3v) is 6.27. The van der Waals surface area contributed by atoms with Crippen LogP contribution < -0.4 is 10.1 Å². The Kier molecular flexibility index (Phi) is 6.98. The number of ether oxygens (including phenoxy) is 1. The first-order chi connectivity index (χ1) is 18.0. The number of carbonyl (C=O) groups is 2. The lowest BCUT2D eigenvalue weighted by molar-refractivity contribution is -0.123. The first-order valence-electron chi connectivity index (χ1n) is 11.8. The van der Waals surface area contributed by atoms with E-state index in [2.05, 4.69) is 5.32 Å². The average molecular weight is 503 g/mol. The minimum absolute atomic E-state index is 0.181. The van der Waals surface area contributed by atoms with Crippen LogP contribution in [0.4, 0.5) is 8.78 Å². The molecule has 0 aliphatic carbocycles. The van der Waals surface area contributed by atoms with Gasteiger partial charge in [0.1, 0.15) is 17.4 Å². The van der Waals surface area contributed by atoms with E-state index >= 15 is 0 Å². The fourth-order valence-electron chi connectivity index (χ4n) is 4.50. The third-order valence-electron chi connectivity index (χ3n) is 6.27. The SMILES string of the molecule is O=C(COc1ccc2c(c1)C(c1ccc(F)cc1)N(C(=O)c1ccco1)CC2)NCc1cccc(F)c1. The highest BCUT2D eigenvalue weighted by atomic mass is 19.1. The van der Waals surface area contributed by atoms with E-state index in [-0.39, 0.29) is 42.4 Å². The molecule has 0 bridgehead atoms. The van der Waals surface area contributed by atoms with E-state index in [1.807, 2.05) is 12.1 Å². The van der Waals surface area contributed by atoms with E-state index in [0.717, 1.165) is 16.7 Å². The topological polar surface area (TPSA) is 71.8 Å². The van der Waals surface area contributed by atoms with Gasteiger partial charge in [-0.3, -0.25) is 9.59 Å². The molecule has 5 rings (SSSR count). The Balaban J connectivity index is 1.35. The van der Waals surface area contributed by atoms with Crippen molar-refractivity contribution in [3.63, 3.8) is 0 Å². The van der Waals surface area contributed by atoms with Gasteiger partial charge in [0, 0.05) is 13.1 Å². The van der Waals surface area contributed by atoms with Gasteiger partial charge in [-0.2, -0.15) is 0 Å². The lowest BCUT2D eigenvalue weighted by Gasteiger charge is -2.37. The molecule has 37 heavy (non-hydrogen) atoms. The fraction of sp³-hybridized carbons (Fsp3) is 0.172. The number of carbonyl (C=O) groups excluding carboxylic acids is 2. The van der Waals surface area contributed by atoms with Crippen molar-refractivity contribution < 1.29 is 27.5 Å². The second kappa shape index (κ2) is 10.7. The molecule has 0 saturated heterocycles. The van der Waals surface area contributed by atoms with Crippen LogP contribution in [0.1, 0.15) is 38.9 Å². The third kappa shape index (κ3) is 5.53. The van der Waals surface area contributed by atoms with Crippen LogP contribution in [0.15, 0.2) is 89.5 Å². The largest absolute Gasteiger partial charge is 0.484 e. The summed E-state index contributed by atoms with van der Waals surface area (Å²) in [5.41, 5.74) is 3.24. The van der Waals surface area contributed by atoms with Crippen LogP contribution in [0.2, 0.25) is 0 Å². The molecule has 0 radical (unpaired) electrons. The molecule has 3 aromatic carbocycles. The number of nitrogens with zero attached hydrogens (tertiary/aromatic N) is 1. The van der Waals surface area contributed by atoms with Crippen LogP contribution >= 0.6 is 0 Å². The molecule has 0 fully saturated rings. The maximum Gasteiger partial charge on any atom is 0.290 e. The summed E-state index contributed by atoms with van der Waals surface area (Å²) in [5, 5.41) is 2.71. The van der Waals surface area contributed by atoms with Crippen molar-refractivity contribution in [1.29, 1.82) is 0 Å². The van der Waals surface area contributed by atoms with Crippen molar-refractivity contribution in [1.82, 2.24) is 10.2 Å². The molecule has 1 aliphatic rings. The number of furan rings is 1. The second-order valence-corrected chi connectivity index (χ2v) is 8.74. The Hall–Kier alpha value is -4.46. The minimum atomic E-state index is -0.493. The number of hydrogen-bond donors (Lipinski definition) is 1. The van der Waals surface area contributed by atoms with Gasteiger partial charge in [-0.15, -0.1) is 0 Å². The van der Waals surface area contributed by atoms with Crippen LogP contribution in [0.5, 0.6) is 5.75 Å². The van der Waals surface area contributed by atoms with Crippen molar-refractivity contribution in [2.45, 2.75) is 19.0 Å². The Morgan fingerprint density at radius 2 is 1.81 bits per heavy atom. The van der Waals surface area contributed by atoms with E-state index in [4.69, 9.17) is 9.15 Å². The van der Waals surface area contributed by atoms with Gasteiger partial charge in [-0.25, -0.2) is 8.78 Å². The minimum Gasteiger partial charge on any atom is -0.484 e. The van der Waals surface area contributed by atoms with Gasteiger partial charge in [0.15, 0.2) is 12.4 Å². The normalized spacial score (nSPS) is 14.6. The van der Waals surface area contributed by atoms with Crippen molar-refractivity contribution in [3.05, 3.63) is 125 Å². The van der Waals surface area contributed by atoms with E-state index in [1.165, 1.54) is 30.5 Å². The van der Waals surface area contributed by atoms with Gasteiger partial charge >= 0.3 is 0 Å². The maximum absolute atomic E-state index is 13.7. The van der Waals surface area contributed by atoms with Crippen LogP contribution in [-0.2, 0) is 17.8 Å². The summed E-state index contributed by atoms with van der Waals surface area (Å²) < 4.78 is 38.1. The predicted octanol–water partition coefficient (Wildman–Crippen LogP) is 5.04. The number of hydrogen-bond acceptors (Lipinski definition) is 4. The van der Waals surface area contributed by atoms with Gasteiger partial charge in [-0.1, -0.05) is 30.3 Å². The summed E-state index contributed by atoms with van der Waals surface area (Å²) in [6.45, 7) is 0.405. The van der Waals surface area contributed by atoms with Gasteiger partial charge in [-0.05, 0) is 77.2 Å². The van der Waals surface area contributed by atoms with Crippen molar-refractivity contribution in [2.75, 3.05) is 13.2 Å². The lowest BCUT2D eigenvalue weighted by Crippen LogP contribution is -2.40. The molecule has 0 saturated carbocycles. The summed E-state index contributed by atoms with van der Waals surface area (Å²) in [4.78, 5) is 27.3. The summed E-state index contributed by atoms with van der Waals surface area (Å²) in [6, 6.07) is 20.3. The first-order valence-corrected chi connectivity index (χ1v) is 11.8. The zero-order valence-corrected chi connectivity index (χ0v) is 19.8. The molecule has 1 atom stereocenters. The predicted molar refractivity (Wildman–Crippen MR) is 132 cm³/mol. The molecular formula is C29H24F2N2O4. The summed E-state index contributed by atoms with van der Waals surface area (Å²) in [7, 11) is 0. The van der Waals surface area contributed by atoms with Gasteiger partial charge in [0.2, 0.25) is 0 Å². The number of fused-ring (bicyclic) bond motifs is 1. The molecule has 188 valence electrons. The first kappa shape index (κ1) is 24.2. The molecule has 2 heterocycles. The monoisotopic (exact) mass is 502 g/mol. The van der Waals surface area contributed by atoms with Crippen LogP contribution in [0.25, 0.3) is 0 Å². The number of nitrogens with one attached hydrogen (secondary N) is 1. The summed E-state index contributed by atoms with van der Waals surface area (Å²) >= 11 is 0. The molecular weight excluding hydrogens is 478 g/mol.